The highest BCUT2D eigenvalue weighted by molar-refractivity contribution is 6.16. The summed E-state index contributed by atoms with van der Waals surface area (Å²) in [4.78, 5) is 13.4. The lowest BCUT2D eigenvalue weighted by Crippen LogP contribution is -2.15. The molecule has 0 saturated carbocycles. The normalized spacial score (nSPS) is 12.8. The molecule has 0 saturated heterocycles. The van der Waals surface area contributed by atoms with E-state index in [0.717, 1.165) is 45.1 Å². The topological polar surface area (TPSA) is 75.6 Å². The molecule has 34 heavy (non-hydrogen) atoms. The minimum Gasteiger partial charge on any atom is -0.508 e. The van der Waals surface area contributed by atoms with Crippen LogP contribution >= 0.6 is 0 Å². The molecule has 0 fully saturated rings. The molecule has 0 spiro atoms. The maximum Gasteiger partial charge on any atom is 0.361 e. The molecule has 3 aromatic carbocycles. The van der Waals surface area contributed by atoms with Gasteiger partial charge in [0.05, 0.1) is 5.69 Å². The van der Waals surface area contributed by atoms with Crippen molar-refractivity contribution in [1.29, 1.82) is 0 Å². The first-order valence-electron chi connectivity index (χ1n) is 11.5. The summed E-state index contributed by atoms with van der Waals surface area (Å²) in [5, 5.41) is 22.1. The predicted molar refractivity (Wildman–Crippen MR) is 135 cm³/mol. The fourth-order valence-electron chi connectivity index (χ4n) is 5.33. The average Bonchev–Trinajstić information content (AvgIpc) is 3.14. The van der Waals surface area contributed by atoms with Gasteiger partial charge in [-0.25, -0.2) is 4.79 Å². The van der Waals surface area contributed by atoms with Gasteiger partial charge in [-0.2, -0.15) is 0 Å². The van der Waals surface area contributed by atoms with Crippen LogP contribution in [0.15, 0.2) is 51.7 Å². The van der Waals surface area contributed by atoms with Gasteiger partial charge in [0.15, 0.2) is 0 Å². The zero-order chi connectivity index (χ0) is 23.9. The van der Waals surface area contributed by atoms with Crippen LogP contribution in [0.1, 0.15) is 27.8 Å². The predicted octanol–water partition coefficient (Wildman–Crippen LogP) is 6.28. The van der Waals surface area contributed by atoms with Crippen molar-refractivity contribution in [2.24, 2.45) is 0 Å². The smallest absolute Gasteiger partial charge is 0.361 e. The summed E-state index contributed by atoms with van der Waals surface area (Å²) in [5.74, 6) is 0.329. The van der Waals surface area contributed by atoms with Crippen molar-refractivity contribution < 1.29 is 14.6 Å². The number of benzene rings is 3. The third-order valence-corrected chi connectivity index (χ3v) is 7.29. The van der Waals surface area contributed by atoms with Crippen LogP contribution in [0.2, 0.25) is 0 Å². The van der Waals surface area contributed by atoms with Crippen molar-refractivity contribution in [3.63, 3.8) is 0 Å². The van der Waals surface area contributed by atoms with Crippen LogP contribution in [0.5, 0.6) is 11.5 Å². The van der Waals surface area contributed by atoms with E-state index in [0.29, 0.717) is 23.2 Å². The van der Waals surface area contributed by atoms with E-state index in [9.17, 15) is 15.0 Å². The SMILES string of the molecule is Cc1cc2c(cc1C)-c1c(-c3ccc(O)c(C)c3)c3c4cc(C)c(O)cc4oc(=O)c3n1CC2. The van der Waals surface area contributed by atoms with E-state index in [1.54, 1.807) is 6.07 Å². The van der Waals surface area contributed by atoms with E-state index < -0.39 is 5.63 Å². The van der Waals surface area contributed by atoms with Crippen molar-refractivity contribution in [1.82, 2.24) is 4.57 Å². The van der Waals surface area contributed by atoms with Gasteiger partial charge in [-0.15, -0.1) is 0 Å². The van der Waals surface area contributed by atoms with Crippen LogP contribution in [0.3, 0.4) is 0 Å². The molecule has 5 aromatic rings. The summed E-state index contributed by atoms with van der Waals surface area (Å²) in [6.07, 6.45) is 0.827. The molecule has 0 radical (unpaired) electrons. The van der Waals surface area contributed by atoms with Crippen LogP contribution in [-0.4, -0.2) is 14.8 Å². The van der Waals surface area contributed by atoms with Crippen LogP contribution < -0.4 is 5.63 Å². The molecule has 5 heteroatoms. The van der Waals surface area contributed by atoms with E-state index in [1.807, 2.05) is 32.0 Å². The number of nitrogens with zero attached hydrogens (tertiary/aromatic N) is 1. The number of phenolic OH excluding ortho intramolecular Hbond substituents is 2. The Balaban J connectivity index is 1.88. The van der Waals surface area contributed by atoms with Gasteiger partial charge in [0, 0.05) is 34.5 Å². The first-order chi connectivity index (χ1) is 16.2. The van der Waals surface area contributed by atoms with Gasteiger partial charge in [0.1, 0.15) is 22.6 Å². The van der Waals surface area contributed by atoms with Gasteiger partial charge in [-0.3, -0.25) is 0 Å². The quantitative estimate of drug-likeness (QED) is 0.294. The average molecular weight is 452 g/mol. The van der Waals surface area contributed by atoms with E-state index >= 15 is 0 Å². The number of aryl methyl sites for hydroxylation is 6. The minimum absolute atomic E-state index is 0.0949. The maximum absolute atomic E-state index is 13.4. The van der Waals surface area contributed by atoms with E-state index in [4.69, 9.17) is 4.42 Å². The summed E-state index contributed by atoms with van der Waals surface area (Å²) < 4.78 is 7.82. The molecule has 170 valence electrons. The van der Waals surface area contributed by atoms with E-state index in [2.05, 4.69) is 30.5 Å². The molecule has 0 bridgehead atoms. The number of aromatic nitrogens is 1. The van der Waals surface area contributed by atoms with Gasteiger partial charge >= 0.3 is 5.63 Å². The van der Waals surface area contributed by atoms with Crippen LogP contribution in [0.25, 0.3) is 44.3 Å². The van der Waals surface area contributed by atoms with E-state index in [1.165, 1.54) is 22.8 Å². The Kier molecular flexibility index (Phi) is 4.24. The first-order valence-corrected chi connectivity index (χ1v) is 11.5. The summed E-state index contributed by atoms with van der Waals surface area (Å²) in [7, 11) is 0. The Hall–Kier alpha value is -3.99. The molecule has 1 aliphatic rings. The van der Waals surface area contributed by atoms with Crippen LogP contribution in [0, 0.1) is 27.7 Å². The highest BCUT2D eigenvalue weighted by Gasteiger charge is 2.29. The second kappa shape index (κ2) is 7.00. The van der Waals surface area contributed by atoms with Gasteiger partial charge in [-0.05, 0) is 91.8 Å². The lowest BCUT2D eigenvalue weighted by atomic mass is 9.89. The largest absolute Gasteiger partial charge is 0.508 e. The number of hydrogen-bond acceptors (Lipinski definition) is 4. The number of rotatable bonds is 1. The number of aromatic hydroxyl groups is 2. The zero-order valence-electron chi connectivity index (χ0n) is 19.6. The molecular weight excluding hydrogens is 426 g/mol. The third-order valence-electron chi connectivity index (χ3n) is 7.29. The summed E-state index contributed by atoms with van der Waals surface area (Å²) in [5.41, 5.74) is 9.67. The second-order valence-corrected chi connectivity index (χ2v) is 9.47. The Morgan fingerprint density at radius 1 is 0.853 bits per heavy atom. The maximum atomic E-state index is 13.4. The molecule has 0 amide bonds. The highest BCUT2D eigenvalue weighted by Crippen LogP contribution is 2.47. The van der Waals surface area contributed by atoms with Gasteiger partial charge in [0.2, 0.25) is 0 Å². The Bertz CT molecular complexity index is 1740. The number of fused-ring (bicyclic) bond motifs is 7. The molecule has 0 atom stereocenters. The van der Waals surface area contributed by atoms with Crippen molar-refractivity contribution in [3.05, 3.63) is 80.7 Å². The van der Waals surface area contributed by atoms with Crippen LogP contribution in [-0.2, 0) is 13.0 Å². The molecule has 6 rings (SSSR count). The summed E-state index contributed by atoms with van der Waals surface area (Å²) in [6, 6.07) is 13.5. The van der Waals surface area contributed by atoms with Crippen LogP contribution in [0.4, 0.5) is 0 Å². The molecule has 3 heterocycles. The molecule has 0 aliphatic carbocycles. The summed E-state index contributed by atoms with van der Waals surface area (Å²) >= 11 is 0. The molecule has 2 aromatic heterocycles. The van der Waals surface area contributed by atoms with Crippen molar-refractivity contribution in [2.75, 3.05) is 0 Å². The molecule has 1 aliphatic heterocycles. The van der Waals surface area contributed by atoms with Gasteiger partial charge < -0.3 is 19.2 Å². The monoisotopic (exact) mass is 451 g/mol. The Morgan fingerprint density at radius 3 is 2.35 bits per heavy atom. The van der Waals surface area contributed by atoms with E-state index in [-0.39, 0.29) is 11.5 Å². The Morgan fingerprint density at radius 2 is 1.59 bits per heavy atom. The molecule has 2 N–H and O–H groups in total. The standard InChI is InChI=1S/C29H25NO4/c1-14-9-18-7-8-30-27(20(18)11-15(14)2)25(19-5-6-22(31)16(3)10-19)26-21-12-17(4)23(32)13-24(21)34-29(33)28(26)30/h5-6,9-13,31-32H,7-8H2,1-4H3. The van der Waals surface area contributed by atoms with Crippen molar-refractivity contribution in [2.45, 2.75) is 40.7 Å². The zero-order valence-corrected chi connectivity index (χ0v) is 19.6. The second-order valence-electron chi connectivity index (χ2n) is 9.47. The minimum atomic E-state index is -0.416. The number of phenols is 2. The first kappa shape index (κ1) is 20.6. The highest BCUT2D eigenvalue weighted by atomic mass is 16.4. The van der Waals surface area contributed by atoms with Gasteiger partial charge in [0.25, 0.3) is 0 Å². The lowest BCUT2D eigenvalue weighted by Gasteiger charge is -2.23. The fraction of sp³-hybridized carbons (Fsp3) is 0.207. The summed E-state index contributed by atoms with van der Waals surface area (Å²) in [6.45, 7) is 8.62. The molecular formula is C29H25NO4. The Labute approximate surface area is 196 Å². The van der Waals surface area contributed by atoms with Gasteiger partial charge in [-0.1, -0.05) is 12.1 Å². The number of hydrogen-bond donors (Lipinski definition) is 2. The molecule has 5 nitrogen and oxygen atoms in total. The van der Waals surface area contributed by atoms with Crippen molar-refractivity contribution in [3.8, 4) is 33.9 Å². The van der Waals surface area contributed by atoms with Crippen molar-refractivity contribution >= 4 is 21.9 Å². The fourth-order valence-corrected chi connectivity index (χ4v) is 5.33. The molecule has 0 unspecified atom stereocenters. The lowest BCUT2D eigenvalue weighted by molar-refractivity contribution is 0.469. The third kappa shape index (κ3) is 2.76.